The topological polar surface area (TPSA) is 84.7 Å². The summed E-state index contributed by atoms with van der Waals surface area (Å²) in [6.07, 6.45) is 5.81. The number of rotatable bonds is 3. The smallest absolute Gasteiger partial charge is 0.235 e. The lowest BCUT2D eigenvalue weighted by Gasteiger charge is -2.40. The van der Waals surface area contributed by atoms with E-state index in [4.69, 9.17) is 17.9 Å². The van der Waals surface area contributed by atoms with E-state index in [0.29, 0.717) is 12.1 Å². The summed E-state index contributed by atoms with van der Waals surface area (Å²) in [7, 11) is 1.62. The Hall–Kier alpha value is -3.26. The number of nitrogens with two attached hydrogens (primary N) is 2. The molecule has 1 aliphatic rings. The van der Waals surface area contributed by atoms with Crippen LogP contribution in [0.4, 0.5) is 5.69 Å². The maximum atomic E-state index is 12.8. The Bertz CT molecular complexity index is 928. The molecule has 132 valence electrons. The number of carbonyl (C=O) groups is 1. The normalized spacial score (nSPS) is 22.7. The van der Waals surface area contributed by atoms with Crippen molar-refractivity contribution in [2.75, 3.05) is 12.8 Å². The molecule has 0 radical (unpaired) electrons. The molecule has 0 fully saturated rings. The highest BCUT2D eigenvalue weighted by Gasteiger charge is 2.45. The van der Waals surface area contributed by atoms with Crippen LogP contribution < -0.4 is 11.5 Å². The summed E-state index contributed by atoms with van der Waals surface area (Å²) >= 11 is 0. The van der Waals surface area contributed by atoms with E-state index in [9.17, 15) is 4.79 Å². The predicted molar refractivity (Wildman–Crippen MR) is 105 cm³/mol. The highest BCUT2D eigenvalue weighted by atomic mass is 16.2. The average Bonchev–Trinajstić information content (AvgIpc) is 2.64. The van der Waals surface area contributed by atoms with Gasteiger partial charge in [-0.2, -0.15) is 0 Å². The van der Waals surface area contributed by atoms with Crippen LogP contribution in [0.5, 0.6) is 0 Å². The number of benzene rings is 2. The van der Waals surface area contributed by atoms with Gasteiger partial charge in [0.15, 0.2) is 5.96 Å². The Morgan fingerprint density at radius 1 is 1.19 bits per heavy atom. The summed E-state index contributed by atoms with van der Waals surface area (Å²) in [6.45, 7) is 1.91. The number of anilines is 1. The first kappa shape index (κ1) is 17.6. The fraction of sp³-hybridized carbons (Fsp3) is 0.238. The number of nitrogen functional groups attached to an aromatic ring is 1. The predicted octanol–water partition coefficient (Wildman–Crippen LogP) is 2.58. The molecule has 0 saturated carbocycles. The Balaban J connectivity index is 2.13. The summed E-state index contributed by atoms with van der Waals surface area (Å²) < 4.78 is 0. The fourth-order valence-corrected chi connectivity index (χ4v) is 3.38. The molecular formula is C21H22N4O. The Labute approximate surface area is 153 Å². The summed E-state index contributed by atoms with van der Waals surface area (Å²) in [4.78, 5) is 18.8. The zero-order chi connectivity index (χ0) is 18.9. The minimum Gasteiger partial charge on any atom is -0.399 e. The third-order valence-corrected chi connectivity index (χ3v) is 4.99. The van der Waals surface area contributed by atoms with E-state index in [1.807, 2.05) is 55.5 Å². The van der Waals surface area contributed by atoms with Crippen molar-refractivity contribution in [1.82, 2.24) is 4.90 Å². The van der Waals surface area contributed by atoms with E-state index in [1.165, 1.54) is 4.90 Å². The van der Waals surface area contributed by atoms with Crippen molar-refractivity contribution in [3.63, 3.8) is 0 Å². The monoisotopic (exact) mass is 346 g/mol. The molecule has 2 aromatic rings. The standard InChI is InChI=1S/C21H22N4O/c1-4-7-18-19(26)25(3)20(23)24-21(18,2)16-10-5-8-14(12-16)15-9-6-11-17(22)13-15/h1,5-6,8-13,18H,7,22H2,2-3H3,(H2,23,24)/t18-,21-/m1/s1. The molecule has 0 spiro atoms. The van der Waals surface area contributed by atoms with Gasteiger partial charge in [-0.05, 0) is 41.8 Å². The van der Waals surface area contributed by atoms with Crippen molar-refractivity contribution < 1.29 is 4.79 Å². The number of hydrogen-bond donors (Lipinski definition) is 2. The van der Waals surface area contributed by atoms with Crippen molar-refractivity contribution in [1.29, 1.82) is 0 Å². The first-order chi connectivity index (χ1) is 12.4. The molecule has 1 aliphatic heterocycles. The van der Waals surface area contributed by atoms with Gasteiger partial charge in [-0.25, -0.2) is 4.99 Å². The molecular weight excluding hydrogens is 324 g/mol. The first-order valence-corrected chi connectivity index (χ1v) is 8.39. The number of guanidine groups is 1. The molecule has 0 saturated heterocycles. The lowest BCUT2D eigenvalue weighted by atomic mass is 9.76. The van der Waals surface area contributed by atoms with Gasteiger partial charge in [-0.15, -0.1) is 12.3 Å². The van der Waals surface area contributed by atoms with Gasteiger partial charge in [0.1, 0.15) is 0 Å². The van der Waals surface area contributed by atoms with Gasteiger partial charge >= 0.3 is 0 Å². The van der Waals surface area contributed by atoms with Gasteiger partial charge in [0, 0.05) is 19.2 Å². The molecule has 2 aromatic carbocycles. The summed E-state index contributed by atoms with van der Waals surface area (Å²) in [5, 5.41) is 0. The van der Waals surface area contributed by atoms with Crippen LogP contribution in [-0.4, -0.2) is 23.8 Å². The summed E-state index contributed by atoms with van der Waals surface area (Å²) in [5.74, 6) is 2.21. The Morgan fingerprint density at radius 2 is 1.85 bits per heavy atom. The lowest BCUT2D eigenvalue weighted by molar-refractivity contribution is -0.133. The van der Waals surface area contributed by atoms with E-state index >= 15 is 0 Å². The van der Waals surface area contributed by atoms with E-state index in [2.05, 4.69) is 10.9 Å². The molecule has 1 amide bonds. The molecule has 0 aliphatic carbocycles. The molecule has 0 aromatic heterocycles. The van der Waals surface area contributed by atoms with Gasteiger partial charge < -0.3 is 11.5 Å². The van der Waals surface area contributed by atoms with Gasteiger partial charge in [0.05, 0.1) is 11.5 Å². The van der Waals surface area contributed by atoms with Crippen molar-refractivity contribution in [3.8, 4) is 23.5 Å². The lowest BCUT2D eigenvalue weighted by Crippen LogP contribution is -2.53. The fourth-order valence-electron chi connectivity index (χ4n) is 3.38. The number of terminal acetylenes is 1. The van der Waals surface area contributed by atoms with E-state index in [1.54, 1.807) is 7.05 Å². The SMILES string of the molecule is C#CC[C@@H]1C(=O)N(C)C(N)=N[C@]1(C)c1cccc(-c2cccc(N)c2)c1. The molecule has 0 bridgehead atoms. The highest BCUT2D eigenvalue weighted by molar-refractivity contribution is 6.00. The largest absolute Gasteiger partial charge is 0.399 e. The first-order valence-electron chi connectivity index (χ1n) is 8.39. The van der Waals surface area contributed by atoms with Crippen LogP contribution in [0.15, 0.2) is 53.5 Å². The third-order valence-electron chi connectivity index (χ3n) is 4.99. The van der Waals surface area contributed by atoms with Crippen LogP contribution in [0.25, 0.3) is 11.1 Å². The quantitative estimate of drug-likeness (QED) is 0.662. The van der Waals surface area contributed by atoms with Crippen LogP contribution in [0.1, 0.15) is 18.9 Å². The van der Waals surface area contributed by atoms with Gasteiger partial charge in [-0.3, -0.25) is 9.69 Å². The van der Waals surface area contributed by atoms with Crippen LogP contribution in [0.3, 0.4) is 0 Å². The summed E-state index contributed by atoms with van der Waals surface area (Å²) in [5.41, 5.74) is 14.7. The number of amides is 1. The minimum absolute atomic E-state index is 0.118. The summed E-state index contributed by atoms with van der Waals surface area (Å²) in [6, 6.07) is 15.6. The second-order valence-corrected chi connectivity index (χ2v) is 6.68. The number of carbonyl (C=O) groups excluding carboxylic acids is 1. The van der Waals surface area contributed by atoms with Crippen LogP contribution in [0, 0.1) is 18.3 Å². The highest BCUT2D eigenvalue weighted by Crippen LogP contribution is 2.40. The maximum absolute atomic E-state index is 12.8. The van der Waals surface area contributed by atoms with Crippen LogP contribution >= 0.6 is 0 Å². The molecule has 5 heteroatoms. The Morgan fingerprint density at radius 3 is 2.50 bits per heavy atom. The molecule has 4 N–H and O–H groups in total. The minimum atomic E-state index is -0.823. The molecule has 3 rings (SSSR count). The van der Waals surface area contributed by atoms with Gasteiger partial charge in [0.2, 0.25) is 5.91 Å². The zero-order valence-corrected chi connectivity index (χ0v) is 14.9. The van der Waals surface area contributed by atoms with Crippen molar-refractivity contribution in [3.05, 3.63) is 54.1 Å². The van der Waals surface area contributed by atoms with Gasteiger partial charge in [-0.1, -0.05) is 30.3 Å². The molecule has 1 heterocycles. The van der Waals surface area contributed by atoms with Gasteiger partial charge in [0.25, 0.3) is 0 Å². The number of hydrogen-bond acceptors (Lipinski definition) is 4. The molecule has 2 atom stereocenters. The molecule has 26 heavy (non-hydrogen) atoms. The average molecular weight is 346 g/mol. The Kier molecular flexibility index (Phi) is 4.43. The molecule has 5 nitrogen and oxygen atoms in total. The zero-order valence-electron chi connectivity index (χ0n) is 14.9. The second-order valence-electron chi connectivity index (χ2n) is 6.68. The maximum Gasteiger partial charge on any atom is 0.235 e. The third kappa shape index (κ3) is 2.91. The van der Waals surface area contributed by atoms with Crippen molar-refractivity contribution in [2.45, 2.75) is 18.9 Å². The van der Waals surface area contributed by atoms with Crippen molar-refractivity contribution >= 4 is 17.6 Å². The number of nitrogens with zero attached hydrogens (tertiary/aromatic N) is 2. The van der Waals surface area contributed by atoms with E-state index < -0.39 is 11.5 Å². The van der Waals surface area contributed by atoms with E-state index in [0.717, 1.165) is 16.7 Å². The number of aliphatic imine (C=N–C) groups is 1. The molecule has 0 unspecified atom stereocenters. The second kappa shape index (κ2) is 6.57. The van der Waals surface area contributed by atoms with Crippen LogP contribution in [0.2, 0.25) is 0 Å². The van der Waals surface area contributed by atoms with Crippen LogP contribution in [-0.2, 0) is 10.3 Å². The van der Waals surface area contributed by atoms with E-state index in [-0.39, 0.29) is 11.9 Å². The van der Waals surface area contributed by atoms with Crippen molar-refractivity contribution in [2.24, 2.45) is 16.6 Å².